The molecule has 0 aromatic carbocycles. The Morgan fingerprint density at radius 3 is 2.33 bits per heavy atom. The molecule has 0 aliphatic rings. The van der Waals surface area contributed by atoms with Gasteiger partial charge in [-0.2, -0.15) is 0 Å². The second-order valence-electron chi connectivity index (χ2n) is 2.81. The largest absolute Gasteiger partial charge is 0.385 e. The number of methoxy groups -OCH3 is 1. The summed E-state index contributed by atoms with van der Waals surface area (Å²) in [6, 6.07) is 0. The number of ether oxygens (including phenoxy) is 2. The van der Waals surface area contributed by atoms with Crippen molar-refractivity contribution in [2.75, 3.05) is 33.5 Å². The topological polar surface area (TPSA) is 44.5 Å². The predicted octanol–water partition coefficient (Wildman–Crippen LogP) is 1.17. The maximum absolute atomic E-state index is 5.36. The Kier molecular flexibility index (Phi) is 10.8. The van der Waals surface area contributed by atoms with Crippen LogP contribution in [0.5, 0.6) is 0 Å². The lowest BCUT2D eigenvalue weighted by Crippen LogP contribution is -2.02. The van der Waals surface area contributed by atoms with E-state index in [1.165, 1.54) is 6.42 Å². The first kappa shape index (κ1) is 11.9. The average molecular weight is 175 g/mol. The van der Waals surface area contributed by atoms with Crippen LogP contribution in [-0.4, -0.2) is 33.5 Å². The van der Waals surface area contributed by atoms with E-state index in [0.29, 0.717) is 0 Å². The average Bonchev–Trinajstić information content (AvgIpc) is 2.10. The maximum atomic E-state index is 5.36. The van der Waals surface area contributed by atoms with Gasteiger partial charge in [0.15, 0.2) is 0 Å². The van der Waals surface area contributed by atoms with Crippen molar-refractivity contribution >= 4 is 0 Å². The first-order valence-electron chi connectivity index (χ1n) is 4.68. The van der Waals surface area contributed by atoms with Crippen molar-refractivity contribution in [1.29, 1.82) is 0 Å². The highest BCUT2D eigenvalue weighted by atomic mass is 16.5. The Morgan fingerprint density at radius 1 is 0.917 bits per heavy atom. The lowest BCUT2D eigenvalue weighted by molar-refractivity contribution is 0.100. The van der Waals surface area contributed by atoms with Crippen molar-refractivity contribution in [1.82, 2.24) is 0 Å². The molecule has 0 unspecified atom stereocenters. The summed E-state index contributed by atoms with van der Waals surface area (Å²) in [5, 5.41) is 0. The van der Waals surface area contributed by atoms with Gasteiger partial charge in [-0.15, -0.1) is 0 Å². The van der Waals surface area contributed by atoms with Gasteiger partial charge in [-0.1, -0.05) is 0 Å². The predicted molar refractivity (Wildman–Crippen MR) is 50.2 cm³/mol. The van der Waals surface area contributed by atoms with E-state index in [2.05, 4.69) is 0 Å². The van der Waals surface area contributed by atoms with Crippen LogP contribution in [0.4, 0.5) is 0 Å². The zero-order valence-corrected chi connectivity index (χ0v) is 8.05. The molecule has 2 N–H and O–H groups in total. The summed E-state index contributed by atoms with van der Waals surface area (Å²) < 4.78 is 10.3. The fourth-order valence-electron chi connectivity index (χ4n) is 0.933. The van der Waals surface area contributed by atoms with Crippen LogP contribution in [0, 0.1) is 0 Å². The van der Waals surface area contributed by atoms with Gasteiger partial charge < -0.3 is 15.2 Å². The summed E-state index contributed by atoms with van der Waals surface area (Å²) in [6.45, 7) is 3.27. The van der Waals surface area contributed by atoms with E-state index >= 15 is 0 Å². The minimum Gasteiger partial charge on any atom is -0.385 e. The van der Waals surface area contributed by atoms with Gasteiger partial charge >= 0.3 is 0 Å². The van der Waals surface area contributed by atoms with E-state index < -0.39 is 0 Å². The Morgan fingerprint density at radius 2 is 1.67 bits per heavy atom. The molecule has 0 saturated carbocycles. The monoisotopic (exact) mass is 175 g/mol. The first-order chi connectivity index (χ1) is 5.91. The fourth-order valence-corrected chi connectivity index (χ4v) is 0.933. The second kappa shape index (κ2) is 10.9. The van der Waals surface area contributed by atoms with Crippen LogP contribution in [0.1, 0.15) is 25.7 Å². The Bertz CT molecular complexity index is 68.9. The first-order valence-corrected chi connectivity index (χ1v) is 4.68. The molecule has 0 fully saturated rings. The molecule has 0 saturated heterocycles. The zero-order valence-electron chi connectivity index (χ0n) is 8.05. The van der Waals surface area contributed by atoms with Gasteiger partial charge in [-0.05, 0) is 32.2 Å². The van der Waals surface area contributed by atoms with Gasteiger partial charge in [0, 0.05) is 26.9 Å². The van der Waals surface area contributed by atoms with Crippen molar-refractivity contribution in [3.63, 3.8) is 0 Å². The molecule has 12 heavy (non-hydrogen) atoms. The third-order valence-corrected chi connectivity index (χ3v) is 1.63. The second-order valence-corrected chi connectivity index (χ2v) is 2.81. The van der Waals surface area contributed by atoms with Crippen molar-refractivity contribution < 1.29 is 9.47 Å². The van der Waals surface area contributed by atoms with Gasteiger partial charge in [0.05, 0.1) is 0 Å². The number of hydrogen-bond acceptors (Lipinski definition) is 3. The minimum atomic E-state index is 0.794. The zero-order chi connectivity index (χ0) is 9.07. The van der Waals surface area contributed by atoms with E-state index in [9.17, 15) is 0 Å². The van der Waals surface area contributed by atoms with Crippen LogP contribution in [0.15, 0.2) is 0 Å². The van der Waals surface area contributed by atoms with Crippen LogP contribution in [0.3, 0.4) is 0 Å². The fraction of sp³-hybridized carbons (Fsp3) is 1.00. The van der Waals surface area contributed by atoms with Crippen LogP contribution < -0.4 is 5.73 Å². The maximum Gasteiger partial charge on any atom is 0.0487 e. The lowest BCUT2D eigenvalue weighted by Gasteiger charge is -2.02. The van der Waals surface area contributed by atoms with Crippen molar-refractivity contribution in [3.8, 4) is 0 Å². The van der Waals surface area contributed by atoms with Crippen LogP contribution in [-0.2, 0) is 9.47 Å². The molecule has 3 heteroatoms. The molecule has 0 aromatic heterocycles. The van der Waals surface area contributed by atoms with Gasteiger partial charge in [-0.3, -0.25) is 0 Å². The SMILES string of the molecule is COCCCOCCCCCN. The Balaban J connectivity index is 2.73. The third-order valence-electron chi connectivity index (χ3n) is 1.63. The smallest absolute Gasteiger partial charge is 0.0487 e. The van der Waals surface area contributed by atoms with Gasteiger partial charge in [0.1, 0.15) is 0 Å². The third kappa shape index (κ3) is 9.88. The highest BCUT2D eigenvalue weighted by molar-refractivity contribution is 4.41. The molecule has 0 radical (unpaired) electrons. The molecule has 0 aromatic rings. The van der Waals surface area contributed by atoms with Crippen molar-refractivity contribution in [2.45, 2.75) is 25.7 Å². The molecule has 0 rings (SSSR count). The summed E-state index contributed by atoms with van der Waals surface area (Å²) in [6.07, 6.45) is 4.42. The minimum absolute atomic E-state index is 0.794. The highest BCUT2D eigenvalue weighted by Crippen LogP contribution is 1.94. The van der Waals surface area contributed by atoms with Crippen molar-refractivity contribution in [2.24, 2.45) is 5.73 Å². The standard InChI is InChI=1S/C9H21NO2/c1-11-7-5-9-12-8-4-2-3-6-10/h2-10H2,1H3. The molecule has 0 heterocycles. The summed E-state index contributed by atoms with van der Waals surface area (Å²) in [7, 11) is 1.71. The lowest BCUT2D eigenvalue weighted by atomic mass is 10.2. The summed E-state index contributed by atoms with van der Waals surface area (Å²) in [4.78, 5) is 0. The molecule has 0 aliphatic heterocycles. The van der Waals surface area contributed by atoms with E-state index in [1.807, 2.05) is 0 Å². The van der Waals surface area contributed by atoms with Crippen LogP contribution in [0.25, 0.3) is 0 Å². The van der Waals surface area contributed by atoms with Crippen molar-refractivity contribution in [3.05, 3.63) is 0 Å². The molecule has 74 valence electrons. The van der Waals surface area contributed by atoms with Crippen LogP contribution in [0.2, 0.25) is 0 Å². The van der Waals surface area contributed by atoms with Gasteiger partial charge in [-0.25, -0.2) is 0 Å². The van der Waals surface area contributed by atoms with E-state index in [1.54, 1.807) is 7.11 Å². The quantitative estimate of drug-likeness (QED) is 0.535. The number of unbranched alkanes of at least 4 members (excludes halogenated alkanes) is 2. The van der Waals surface area contributed by atoms with Gasteiger partial charge in [0.2, 0.25) is 0 Å². The Labute approximate surface area is 75.2 Å². The van der Waals surface area contributed by atoms with Crippen LogP contribution >= 0.6 is 0 Å². The molecule has 0 atom stereocenters. The number of rotatable bonds is 9. The Hall–Kier alpha value is -0.120. The molecule has 0 bridgehead atoms. The summed E-state index contributed by atoms with van der Waals surface area (Å²) in [5.41, 5.74) is 5.35. The molecule has 0 spiro atoms. The number of nitrogens with two attached hydrogens (primary N) is 1. The van der Waals surface area contributed by atoms with E-state index in [0.717, 1.165) is 45.6 Å². The molecular weight excluding hydrogens is 154 g/mol. The highest BCUT2D eigenvalue weighted by Gasteiger charge is 1.89. The molecule has 0 aliphatic carbocycles. The summed E-state index contributed by atoms with van der Waals surface area (Å²) >= 11 is 0. The van der Waals surface area contributed by atoms with Gasteiger partial charge in [0.25, 0.3) is 0 Å². The summed E-state index contributed by atoms with van der Waals surface area (Å²) in [5.74, 6) is 0. The molecule has 0 amide bonds. The number of hydrogen-bond donors (Lipinski definition) is 1. The molecular formula is C9H21NO2. The normalized spacial score (nSPS) is 10.5. The van der Waals surface area contributed by atoms with E-state index in [4.69, 9.17) is 15.2 Å². The molecule has 3 nitrogen and oxygen atoms in total. The van der Waals surface area contributed by atoms with E-state index in [-0.39, 0.29) is 0 Å².